The van der Waals surface area contributed by atoms with Crippen LogP contribution in [-0.2, 0) is 14.3 Å². The number of ether oxygens (including phenoxy) is 2. The van der Waals surface area contributed by atoms with E-state index in [1.165, 1.54) is 0 Å². The number of allylic oxidation sites excluding steroid dienone is 1. The van der Waals surface area contributed by atoms with Crippen molar-refractivity contribution in [2.75, 3.05) is 6.61 Å². The summed E-state index contributed by atoms with van der Waals surface area (Å²) >= 11 is 0. The first-order valence-electron chi connectivity index (χ1n) is 7.29. The summed E-state index contributed by atoms with van der Waals surface area (Å²) in [5.74, 6) is 1.02. The molecule has 3 nitrogen and oxygen atoms in total. The van der Waals surface area contributed by atoms with Gasteiger partial charge in [-0.1, -0.05) is 34.6 Å². The lowest BCUT2D eigenvalue weighted by Crippen LogP contribution is -2.45. The Bertz CT molecular complexity index is 379. The zero-order valence-electron chi connectivity index (χ0n) is 13.4. The lowest BCUT2D eigenvalue weighted by atomic mass is 9.66. The van der Waals surface area contributed by atoms with Crippen molar-refractivity contribution in [3.05, 3.63) is 11.3 Å². The highest BCUT2D eigenvalue weighted by atomic mass is 16.5. The van der Waals surface area contributed by atoms with Crippen LogP contribution in [0.3, 0.4) is 0 Å². The van der Waals surface area contributed by atoms with E-state index in [1.807, 2.05) is 13.8 Å². The van der Waals surface area contributed by atoms with E-state index in [-0.39, 0.29) is 17.0 Å². The second kappa shape index (κ2) is 5.56. The molecule has 0 saturated heterocycles. The SMILES string of the molecule is CCOC(=O)C1=C(C)OC(CC)(CC(C)C)C1(C)C. The van der Waals surface area contributed by atoms with Crippen LogP contribution >= 0.6 is 0 Å². The molecule has 1 heterocycles. The molecule has 1 aliphatic heterocycles. The molecule has 3 heteroatoms. The molecule has 0 aliphatic carbocycles. The molecular weight excluding hydrogens is 240 g/mol. The van der Waals surface area contributed by atoms with Crippen molar-refractivity contribution < 1.29 is 14.3 Å². The lowest BCUT2D eigenvalue weighted by Gasteiger charge is -2.42. The molecule has 110 valence electrons. The molecule has 1 rings (SSSR count). The zero-order valence-corrected chi connectivity index (χ0v) is 13.4. The Morgan fingerprint density at radius 2 is 1.89 bits per heavy atom. The largest absolute Gasteiger partial charge is 0.490 e. The fraction of sp³-hybridized carbons (Fsp3) is 0.812. The summed E-state index contributed by atoms with van der Waals surface area (Å²) in [5.41, 5.74) is 0.0900. The van der Waals surface area contributed by atoms with E-state index in [0.717, 1.165) is 18.6 Å². The minimum atomic E-state index is -0.317. The maximum atomic E-state index is 12.2. The number of hydrogen-bond acceptors (Lipinski definition) is 3. The summed E-state index contributed by atoms with van der Waals surface area (Å²) in [7, 11) is 0. The number of esters is 1. The highest BCUT2D eigenvalue weighted by Crippen LogP contribution is 2.54. The Hall–Kier alpha value is -0.990. The second-order valence-corrected chi connectivity index (χ2v) is 6.32. The molecule has 1 atom stereocenters. The molecule has 1 unspecified atom stereocenters. The Labute approximate surface area is 117 Å². The Kier molecular flexibility index (Phi) is 4.70. The van der Waals surface area contributed by atoms with E-state index in [0.29, 0.717) is 18.1 Å². The molecule has 0 radical (unpaired) electrons. The predicted octanol–water partition coefficient (Wildman–Crippen LogP) is 4.07. The van der Waals surface area contributed by atoms with Crippen LogP contribution in [0.25, 0.3) is 0 Å². The smallest absolute Gasteiger partial charge is 0.338 e. The summed E-state index contributed by atoms with van der Waals surface area (Å²) in [4.78, 5) is 12.2. The van der Waals surface area contributed by atoms with Gasteiger partial charge in [-0.25, -0.2) is 4.79 Å². The van der Waals surface area contributed by atoms with E-state index < -0.39 is 0 Å². The highest BCUT2D eigenvalue weighted by molar-refractivity contribution is 5.91. The Morgan fingerprint density at radius 3 is 2.32 bits per heavy atom. The van der Waals surface area contributed by atoms with Gasteiger partial charge in [0, 0.05) is 5.41 Å². The summed E-state index contributed by atoms with van der Waals surface area (Å²) in [6.07, 6.45) is 1.83. The molecule has 0 aromatic carbocycles. The molecule has 0 saturated carbocycles. The third kappa shape index (κ3) is 2.65. The molecule has 0 N–H and O–H groups in total. The van der Waals surface area contributed by atoms with Crippen molar-refractivity contribution in [2.45, 2.75) is 66.9 Å². The van der Waals surface area contributed by atoms with Gasteiger partial charge < -0.3 is 9.47 Å². The topological polar surface area (TPSA) is 35.5 Å². The number of carbonyl (C=O) groups excluding carboxylic acids is 1. The molecule has 19 heavy (non-hydrogen) atoms. The molecule has 0 amide bonds. The molecule has 1 aliphatic rings. The van der Waals surface area contributed by atoms with Crippen LogP contribution in [0.5, 0.6) is 0 Å². The van der Waals surface area contributed by atoms with E-state index in [1.54, 1.807) is 0 Å². The van der Waals surface area contributed by atoms with Crippen LogP contribution in [0.15, 0.2) is 11.3 Å². The van der Waals surface area contributed by atoms with Crippen LogP contribution in [-0.4, -0.2) is 18.2 Å². The minimum Gasteiger partial charge on any atom is -0.490 e. The number of rotatable bonds is 5. The van der Waals surface area contributed by atoms with E-state index in [9.17, 15) is 4.79 Å². The van der Waals surface area contributed by atoms with Gasteiger partial charge in [0.1, 0.15) is 11.4 Å². The second-order valence-electron chi connectivity index (χ2n) is 6.32. The quantitative estimate of drug-likeness (QED) is 0.705. The van der Waals surface area contributed by atoms with Gasteiger partial charge >= 0.3 is 5.97 Å². The van der Waals surface area contributed by atoms with Gasteiger partial charge in [0.25, 0.3) is 0 Å². The minimum absolute atomic E-state index is 0.232. The summed E-state index contributed by atoms with van der Waals surface area (Å²) in [6.45, 7) is 14.8. The maximum Gasteiger partial charge on any atom is 0.338 e. The van der Waals surface area contributed by atoms with Gasteiger partial charge in [-0.05, 0) is 32.6 Å². The first-order chi connectivity index (χ1) is 8.71. The zero-order chi connectivity index (χ0) is 14.8. The third-order valence-electron chi connectivity index (χ3n) is 4.25. The summed E-state index contributed by atoms with van der Waals surface area (Å²) < 4.78 is 11.4. The van der Waals surface area contributed by atoms with Crippen molar-refractivity contribution in [1.29, 1.82) is 0 Å². The lowest BCUT2D eigenvalue weighted by molar-refractivity contribution is -0.140. The monoisotopic (exact) mass is 268 g/mol. The third-order valence-corrected chi connectivity index (χ3v) is 4.25. The van der Waals surface area contributed by atoms with Crippen molar-refractivity contribution >= 4 is 5.97 Å². The average molecular weight is 268 g/mol. The van der Waals surface area contributed by atoms with Crippen LogP contribution in [0.1, 0.15) is 61.3 Å². The fourth-order valence-electron chi connectivity index (χ4n) is 3.36. The maximum absolute atomic E-state index is 12.2. The Morgan fingerprint density at radius 1 is 1.32 bits per heavy atom. The van der Waals surface area contributed by atoms with E-state index >= 15 is 0 Å². The van der Waals surface area contributed by atoms with Gasteiger partial charge in [0.15, 0.2) is 0 Å². The number of hydrogen-bond donors (Lipinski definition) is 0. The van der Waals surface area contributed by atoms with Gasteiger partial charge in [-0.2, -0.15) is 0 Å². The summed E-state index contributed by atoms with van der Waals surface area (Å²) in [5, 5.41) is 0. The average Bonchev–Trinajstić information content (AvgIpc) is 2.45. The van der Waals surface area contributed by atoms with Crippen LogP contribution < -0.4 is 0 Å². The van der Waals surface area contributed by atoms with Gasteiger partial charge in [-0.15, -0.1) is 0 Å². The van der Waals surface area contributed by atoms with Crippen LogP contribution in [0.2, 0.25) is 0 Å². The number of carbonyl (C=O) groups is 1. The molecular formula is C16H28O3. The standard InChI is InChI=1S/C16H28O3/c1-8-16(10-11(3)4)15(6,7)13(12(5)19-16)14(17)18-9-2/h11H,8-10H2,1-7H3. The predicted molar refractivity (Wildman–Crippen MR) is 76.7 cm³/mol. The van der Waals surface area contributed by atoms with Gasteiger partial charge in [0.05, 0.1) is 12.2 Å². The van der Waals surface area contributed by atoms with Crippen LogP contribution in [0, 0.1) is 11.3 Å². The molecule has 0 spiro atoms. The van der Waals surface area contributed by atoms with Crippen molar-refractivity contribution in [2.24, 2.45) is 11.3 Å². The van der Waals surface area contributed by atoms with E-state index in [4.69, 9.17) is 9.47 Å². The highest BCUT2D eigenvalue weighted by Gasteiger charge is 2.56. The first-order valence-corrected chi connectivity index (χ1v) is 7.29. The molecule has 0 fully saturated rings. The van der Waals surface area contributed by atoms with Crippen molar-refractivity contribution in [1.82, 2.24) is 0 Å². The molecule has 0 bridgehead atoms. The van der Waals surface area contributed by atoms with Crippen molar-refractivity contribution in [3.8, 4) is 0 Å². The summed E-state index contributed by atoms with van der Waals surface area (Å²) in [6, 6.07) is 0. The van der Waals surface area contributed by atoms with Crippen molar-refractivity contribution in [3.63, 3.8) is 0 Å². The molecule has 0 aromatic rings. The molecule has 0 aromatic heterocycles. The Balaban J connectivity index is 3.16. The fourth-order valence-corrected chi connectivity index (χ4v) is 3.36. The normalized spacial score (nSPS) is 25.7. The van der Waals surface area contributed by atoms with E-state index in [2.05, 4.69) is 34.6 Å². The van der Waals surface area contributed by atoms with Gasteiger partial charge in [0.2, 0.25) is 0 Å². The van der Waals surface area contributed by atoms with Crippen LogP contribution in [0.4, 0.5) is 0 Å². The van der Waals surface area contributed by atoms with Gasteiger partial charge in [-0.3, -0.25) is 0 Å². The first kappa shape index (κ1) is 16.1.